The van der Waals surface area contributed by atoms with Crippen LogP contribution in [0.1, 0.15) is 43.2 Å². The van der Waals surface area contributed by atoms with Crippen LogP contribution in [0.2, 0.25) is 0 Å². The van der Waals surface area contributed by atoms with Gasteiger partial charge in [0.15, 0.2) is 0 Å². The Balaban J connectivity index is 0.00000225. The van der Waals surface area contributed by atoms with Gasteiger partial charge in [0.2, 0.25) is 11.8 Å². The zero-order chi connectivity index (χ0) is 19.0. The van der Waals surface area contributed by atoms with E-state index in [4.69, 9.17) is 5.73 Å². The number of fused-ring (bicyclic) bond motifs is 2. The molecule has 1 aromatic carbocycles. The van der Waals surface area contributed by atoms with Gasteiger partial charge in [0, 0.05) is 31.6 Å². The second kappa shape index (κ2) is 8.83. The van der Waals surface area contributed by atoms with E-state index in [2.05, 4.69) is 36.5 Å². The Morgan fingerprint density at radius 2 is 1.71 bits per heavy atom. The minimum atomic E-state index is 0. The van der Waals surface area contributed by atoms with E-state index in [0.29, 0.717) is 31.5 Å². The predicted octanol–water partition coefficient (Wildman–Crippen LogP) is 2.65. The van der Waals surface area contributed by atoms with Crippen LogP contribution in [-0.4, -0.2) is 35.8 Å². The van der Waals surface area contributed by atoms with Gasteiger partial charge in [-0.15, -0.1) is 12.4 Å². The zero-order valence-corrected chi connectivity index (χ0v) is 17.4. The molecule has 0 spiro atoms. The van der Waals surface area contributed by atoms with Crippen molar-refractivity contribution in [2.75, 3.05) is 13.1 Å². The van der Waals surface area contributed by atoms with Crippen LogP contribution >= 0.6 is 12.4 Å². The van der Waals surface area contributed by atoms with Gasteiger partial charge in [0.05, 0.1) is 5.92 Å². The molecule has 4 unspecified atom stereocenters. The van der Waals surface area contributed by atoms with Crippen molar-refractivity contribution in [2.24, 2.45) is 29.4 Å². The number of carbonyl (C=O) groups excluding carboxylic acids is 2. The Bertz CT molecular complexity index is 698. The normalized spacial score (nSPS) is 29.4. The van der Waals surface area contributed by atoms with Crippen LogP contribution in [0.4, 0.5) is 0 Å². The molecular formula is C22H32ClN3O2. The topological polar surface area (TPSA) is 75.4 Å². The van der Waals surface area contributed by atoms with Gasteiger partial charge in [0.25, 0.3) is 0 Å². The van der Waals surface area contributed by atoms with Gasteiger partial charge in [-0.25, -0.2) is 0 Å². The summed E-state index contributed by atoms with van der Waals surface area (Å²) in [6, 6.07) is 8.27. The molecule has 4 rings (SSSR count). The quantitative estimate of drug-likeness (QED) is 0.808. The van der Waals surface area contributed by atoms with Crippen LogP contribution in [0.3, 0.4) is 0 Å². The first kappa shape index (κ1) is 21.1. The monoisotopic (exact) mass is 405 g/mol. The first-order chi connectivity index (χ1) is 13.0. The summed E-state index contributed by atoms with van der Waals surface area (Å²) in [6.07, 6.45) is 4.99. The summed E-state index contributed by atoms with van der Waals surface area (Å²) in [5, 5.41) is 3.05. The van der Waals surface area contributed by atoms with E-state index in [0.717, 1.165) is 31.2 Å². The summed E-state index contributed by atoms with van der Waals surface area (Å²) >= 11 is 0. The SMILES string of the molecule is Cc1ccc(CNC(=O)C2CCN(C(=O)C3C4CCC(C4)C3N)CC2)cc1.Cl. The van der Waals surface area contributed by atoms with E-state index in [9.17, 15) is 9.59 Å². The molecular weight excluding hydrogens is 374 g/mol. The van der Waals surface area contributed by atoms with Crippen molar-refractivity contribution in [3.8, 4) is 0 Å². The van der Waals surface area contributed by atoms with E-state index < -0.39 is 0 Å². The molecule has 2 amide bonds. The fourth-order valence-corrected chi connectivity index (χ4v) is 5.31. The first-order valence-electron chi connectivity index (χ1n) is 10.4. The summed E-state index contributed by atoms with van der Waals surface area (Å²) in [4.78, 5) is 27.4. The van der Waals surface area contributed by atoms with E-state index in [1.807, 2.05) is 4.90 Å². The zero-order valence-electron chi connectivity index (χ0n) is 16.6. The summed E-state index contributed by atoms with van der Waals surface area (Å²) in [7, 11) is 0. The molecule has 5 nitrogen and oxygen atoms in total. The van der Waals surface area contributed by atoms with E-state index in [1.54, 1.807) is 0 Å². The molecule has 4 atom stereocenters. The highest BCUT2D eigenvalue weighted by Crippen LogP contribution is 2.48. The van der Waals surface area contributed by atoms with E-state index >= 15 is 0 Å². The summed E-state index contributed by atoms with van der Waals surface area (Å²) in [6.45, 7) is 3.99. The summed E-state index contributed by atoms with van der Waals surface area (Å²) in [5.41, 5.74) is 8.68. The Hall–Kier alpha value is -1.59. The molecule has 154 valence electrons. The van der Waals surface area contributed by atoms with Crippen molar-refractivity contribution >= 4 is 24.2 Å². The Labute approximate surface area is 173 Å². The van der Waals surface area contributed by atoms with Gasteiger partial charge in [-0.3, -0.25) is 9.59 Å². The standard InChI is InChI=1S/C22H31N3O2.ClH/c1-14-2-4-15(5-3-14)13-24-21(26)16-8-10-25(11-9-16)22(27)19-17-6-7-18(12-17)20(19)23;/h2-5,16-20H,6-13,23H2,1H3,(H,24,26);1H. The maximum Gasteiger partial charge on any atom is 0.227 e. The first-order valence-corrected chi connectivity index (χ1v) is 10.4. The number of benzene rings is 1. The highest BCUT2D eigenvalue weighted by atomic mass is 35.5. The number of carbonyl (C=O) groups is 2. The number of likely N-dealkylation sites (tertiary alicyclic amines) is 1. The minimum absolute atomic E-state index is 0. The van der Waals surface area contributed by atoms with Crippen LogP contribution in [0.15, 0.2) is 24.3 Å². The molecule has 28 heavy (non-hydrogen) atoms. The molecule has 3 fully saturated rings. The Kier molecular flexibility index (Phi) is 6.66. The number of nitrogens with two attached hydrogens (primary N) is 1. The summed E-state index contributed by atoms with van der Waals surface area (Å²) in [5.74, 6) is 1.43. The fourth-order valence-electron chi connectivity index (χ4n) is 5.31. The molecule has 2 bridgehead atoms. The molecule has 2 aliphatic carbocycles. The number of hydrogen-bond donors (Lipinski definition) is 2. The van der Waals surface area contributed by atoms with Gasteiger partial charge >= 0.3 is 0 Å². The molecule has 1 heterocycles. The molecule has 1 saturated heterocycles. The maximum atomic E-state index is 13.0. The van der Waals surface area contributed by atoms with Gasteiger partial charge < -0.3 is 16.0 Å². The van der Waals surface area contributed by atoms with Gasteiger partial charge in [-0.05, 0) is 56.4 Å². The molecule has 0 radical (unpaired) electrons. The van der Waals surface area contributed by atoms with Gasteiger partial charge in [-0.1, -0.05) is 29.8 Å². The number of nitrogens with one attached hydrogen (secondary N) is 1. The number of piperidine rings is 1. The van der Waals surface area contributed by atoms with Crippen molar-refractivity contribution in [1.82, 2.24) is 10.2 Å². The van der Waals surface area contributed by atoms with E-state index in [1.165, 1.54) is 12.0 Å². The second-order valence-electron chi connectivity index (χ2n) is 8.74. The molecule has 2 saturated carbocycles. The second-order valence-corrected chi connectivity index (χ2v) is 8.74. The van der Waals surface area contributed by atoms with Gasteiger partial charge in [-0.2, -0.15) is 0 Å². The number of nitrogens with zero attached hydrogens (tertiary/aromatic N) is 1. The molecule has 6 heteroatoms. The van der Waals surface area contributed by atoms with Crippen molar-refractivity contribution in [3.63, 3.8) is 0 Å². The average Bonchev–Trinajstić information content (AvgIpc) is 3.28. The van der Waals surface area contributed by atoms with Crippen molar-refractivity contribution < 1.29 is 9.59 Å². The minimum Gasteiger partial charge on any atom is -0.352 e. The summed E-state index contributed by atoms with van der Waals surface area (Å²) < 4.78 is 0. The third-order valence-corrected chi connectivity index (χ3v) is 7.03. The molecule has 3 aliphatic rings. The van der Waals surface area contributed by atoms with Crippen LogP contribution in [-0.2, 0) is 16.1 Å². The lowest BCUT2D eigenvalue weighted by atomic mass is 9.83. The van der Waals surface area contributed by atoms with Crippen LogP contribution in [0.25, 0.3) is 0 Å². The number of rotatable bonds is 4. The highest BCUT2D eigenvalue weighted by molar-refractivity contribution is 5.85. The van der Waals surface area contributed by atoms with Crippen molar-refractivity contribution in [2.45, 2.75) is 51.6 Å². The molecule has 1 aromatic rings. The fraction of sp³-hybridized carbons (Fsp3) is 0.636. The van der Waals surface area contributed by atoms with Crippen molar-refractivity contribution in [3.05, 3.63) is 35.4 Å². The lowest BCUT2D eigenvalue weighted by Gasteiger charge is -2.36. The number of hydrogen-bond acceptors (Lipinski definition) is 3. The Morgan fingerprint density at radius 3 is 2.32 bits per heavy atom. The van der Waals surface area contributed by atoms with Crippen molar-refractivity contribution in [1.29, 1.82) is 0 Å². The lowest BCUT2D eigenvalue weighted by molar-refractivity contribution is -0.141. The molecule has 1 aliphatic heterocycles. The Morgan fingerprint density at radius 1 is 1.07 bits per heavy atom. The average molecular weight is 406 g/mol. The maximum absolute atomic E-state index is 13.0. The van der Waals surface area contributed by atoms with Crippen LogP contribution in [0.5, 0.6) is 0 Å². The molecule has 0 aromatic heterocycles. The number of aryl methyl sites for hydroxylation is 1. The van der Waals surface area contributed by atoms with Crippen LogP contribution in [0, 0.1) is 30.6 Å². The number of halogens is 1. The predicted molar refractivity (Wildman–Crippen MR) is 112 cm³/mol. The highest BCUT2D eigenvalue weighted by Gasteiger charge is 2.50. The van der Waals surface area contributed by atoms with Crippen LogP contribution < -0.4 is 11.1 Å². The third kappa shape index (κ3) is 4.20. The van der Waals surface area contributed by atoms with Gasteiger partial charge in [0.1, 0.15) is 0 Å². The number of amides is 2. The lowest BCUT2D eigenvalue weighted by Crippen LogP contribution is -2.50. The van der Waals surface area contributed by atoms with E-state index in [-0.39, 0.29) is 42.1 Å². The smallest absolute Gasteiger partial charge is 0.227 e. The molecule has 3 N–H and O–H groups in total. The third-order valence-electron chi connectivity index (χ3n) is 7.03. The largest absolute Gasteiger partial charge is 0.352 e.